The first-order valence-electron chi connectivity index (χ1n) is 9.49. The summed E-state index contributed by atoms with van der Waals surface area (Å²) in [4.78, 5) is 12.8. The first-order valence-corrected chi connectivity index (χ1v) is 9.49. The highest BCUT2D eigenvalue weighted by Gasteiger charge is 2.13. The summed E-state index contributed by atoms with van der Waals surface area (Å²) < 4.78 is 12.9. The fourth-order valence-electron chi connectivity index (χ4n) is 3.37. The molecule has 2 aromatic heterocycles. The lowest BCUT2D eigenvalue weighted by Crippen LogP contribution is -2.12. The third kappa shape index (κ3) is 4.13. The summed E-state index contributed by atoms with van der Waals surface area (Å²) in [6.07, 6.45) is 0.566. The Labute approximate surface area is 168 Å². The summed E-state index contributed by atoms with van der Waals surface area (Å²) in [5, 5.41) is 7.60. The van der Waals surface area contributed by atoms with Crippen molar-refractivity contribution in [3.63, 3.8) is 0 Å². The summed E-state index contributed by atoms with van der Waals surface area (Å²) >= 11 is 0. The molecule has 0 saturated carbocycles. The smallest absolute Gasteiger partial charge is 0.122 e. The predicted octanol–water partition coefficient (Wildman–Crippen LogP) is 2.45. The molecule has 0 radical (unpaired) electrons. The SMILES string of the molecule is COCCOCCn1c(Cc2nc3cc(C(=N)N)ccc3[nH]2)nc2ccccc21. The van der Waals surface area contributed by atoms with Crippen LogP contribution in [-0.4, -0.2) is 52.3 Å². The van der Waals surface area contributed by atoms with E-state index in [4.69, 9.17) is 25.6 Å². The van der Waals surface area contributed by atoms with Crippen LogP contribution in [-0.2, 0) is 22.4 Å². The highest BCUT2D eigenvalue weighted by Crippen LogP contribution is 2.20. The van der Waals surface area contributed by atoms with Gasteiger partial charge in [-0.3, -0.25) is 5.41 Å². The Balaban J connectivity index is 1.60. The Morgan fingerprint density at radius 3 is 2.79 bits per heavy atom. The zero-order valence-corrected chi connectivity index (χ0v) is 16.3. The van der Waals surface area contributed by atoms with Crippen molar-refractivity contribution >= 4 is 27.9 Å². The first kappa shape index (κ1) is 19.1. The van der Waals surface area contributed by atoms with Crippen molar-refractivity contribution in [1.82, 2.24) is 19.5 Å². The second-order valence-corrected chi connectivity index (χ2v) is 6.78. The number of nitrogens with zero attached hydrogens (tertiary/aromatic N) is 3. The minimum absolute atomic E-state index is 0.0340. The fourth-order valence-corrected chi connectivity index (χ4v) is 3.37. The molecule has 0 saturated heterocycles. The van der Waals surface area contributed by atoms with Crippen LogP contribution in [0.2, 0.25) is 0 Å². The number of aromatic amines is 1. The van der Waals surface area contributed by atoms with Crippen LogP contribution in [0.25, 0.3) is 22.1 Å². The van der Waals surface area contributed by atoms with Crippen molar-refractivity contribution < 1.29 is 9.47 Å². The van der Waals surface area contributed by atoms with Gasteiger partial charge in [0.2, 0.25) is 0 Å². The van der Waals surface area contributed by atoms with Crippen LogP contribution in [0.15, 0.2) is 42.5 Å². The number of hydrogen-bond donors (Lipinski definition) is 3. The highest BCUT2D eigenvalue weighted by atomic mass is 16.5. The average Bonchev–Trinajstić information content (AvgIpc) is 3.27. The van der Waals surface area contributed by atoms with Crippen LogP contribution in [0.4, 0.5) is 0 Å². The first-order chi connectivity index (χ1) is 14.2. The zero-order valence-electron chi connectivity index (χ0n) is 16.3. The van der Waals surface area contributed by atoms with Crippen molar-refractivity contribution in [2.24, 2.45) is 5.73 Å². The van der Waals surface area contributed by atoms with E-state index in [1.165, 1.54) is 0 Å². The third-order valence-electron chi connectivity index (χ3n) is 4.79. The lowest BCUT2D eigenvalue weighted by molar-refractivity contribution is 0.0667. The number of H-pyrrole nitrogens is 1. The normalized spacial score (nSPS) is 11.5. The Kier molecular flexibility index (Phi) is 5.55. The summed E-state index contributed by atoms with van der Waals surface area (Å²) in [5.74, 6) is 1.77. The van der Waals surface area contributed by atoms with Gasteiger partial charge in [0.15, 0.2) is 0 Å². The highest BCUT2D eigenvalue weighted by molar-refractivity contribution is 5.97. The second-order valence-electron chi connectivity index (χ2n) is 6.78. The molecule has 150 valence electrons. The number of rotatable bonds is 9. The van der Waals surface area contributed by atoms with E-state index in [0.717, 1.165) is 33.7 Å². The van der Waals surface area contributed by atoms with E-state index >= 15 is 0 Å². The van der Waals surface area contributed by atoms with Gasteiger partial charge in [-0.15, -0.1) is 0 Å². The maximum atomic E-state index is 7.60. The molecule has 0 bridgehead atoms. The van der Waals surface area contributed by atoms with Crippen molar-refractivity contribution in [3.8, 4) is 0 Å². The Morgan fingerprint density at radius 2 is 1.97 bits per heavy atom. The maximum Gasteiger partial charge on any atom is 0.122 e. The second kappa shape index (κ2) is 8.42. The van der Waals surface area contributed by atoms with Gasteiger partial charge >= 0.3 is 0 Å². The van der Waals surface area contributed by atoms with E-state index in [2.05, 4.69) is 20.6 Å². The van der Waals surface area contributed by atoms with Gasteiger partial charge in [0.1, 0.15) is 17.5 Å². The third-order valence-corrected chi connectivity index (χ3v) is 4.79. The van der Waals surface area contributed by atoms with Crippen LogP contribution in [0.1, 0.15) is 17.2 Å². The minimum atomic E-state index is 0.0340. The minimum Gasteiger partial charge on any atom is -0.384 e. The molecule has 29 heavy (non-hydrogen) atoms. The molecular formula is C21H24N6O2. The van der Waals surface area contributed by atoms with Crippen molar-refractivity contribution in [3.05, 3.63) is 59.7 Å². The zero-order chi connectivity index (χ0) is 20.2. The standard InChI is InChI=1S/C21H24N6O2/c1-28-10-11-29-9-8-27-18-5-3-2-4-16(18)26-20(27)13-19-24-15-7-6-14(21(22)23)12-17(15)25-19/h2-7,12H,8-11,13H2,1H3,(H3,22,23)(H,24,25). The number of nitrogen functional groups attached to an aromatic ring is 1. The molecule has 0 aliphatic carbocycles. The monoisotopic (exact) mass is 392 g/mol. The molecule has 4 aromatic rings. The van der Waals surface area contributed by atoms with Crippen LogP contribution < -0.4 is 5.73 Å². The number of fused-ring (bicyclic) bond motifs is 2. The van der Waals surface area contributed by atoms with Crippen LogP contribution in [0.5, 0.6) is 0 Å². The predicted molar refractivity (Wildman–Crippen MR) is 112 cm³/mol. The molecule has 8 heteroatoms. The van der Waals surface area contributed by atoms with Gasteiger partial charge < -0.3 is 24.8 Å². The maximum absolute atomic E-state index is 7.60. The van der Waals surface area contributed by atoms with Crippen LogP contribution in [0, 0.1) is 5.41 Å². The fraction of sp³-hybridized carbons (Fsp3) is 0.286. The quantitative estimate of drug-likeness (QED) is 0.230. The van der Waals surface area contributed by atoms with Gasteiger partial charge in [-0.1, -0.05) is 12.1 Å². The van der Waals surface area contributed by atoms with Crippen LogP contribution >= 0.6 is 0 Å². The van der Waals surface area contributed by atoms with Gasteiger partial charge in [-0.25, -0.2) is 9.97 Å². The molecule has 4 N–H and O–H groups in total. The molecular weight excluding hydrogens is 368 g/mol. The topological polar surface area (TPSA) is 115 Å². The summed E-state index contributed by atoms with van der Waals surface area (Å²) in [7, 11) is 1.66. The number of methoxy groups -OCH3 is 1. The molecule has 8 nitrogen and oxygen atoms in total. The van der Waals surface area contributed by atoms with Gasteiger partial charge in [0, 0.05) is 19.2 Å². The van der Waals surface area contributed by atoms with Gasteiger partial charge in [-0.2, -0.15) is 0 Å². The molecule has 4 rings (SSSR count). The largest absolute Gasteiger partial charge is 0.384 e. The lowest BCUT2D eigenvalue weighted by atomic mass is 10.2. The number of ether oxygens (including phenoxy) is 2. The van der Waals surface area contributed by atoms with Gasteiger partial charge in [0.25, 0.3) is 0 Å². The van der Waals surface area contributed by atoms with E-state index in [9.17, 15) is 0 Å². The number of nitrogens with one attached hydrogen (secondary N) is 2. The number of para-hydroxylation sites is 2. The molecule has 0 amide bonds. The van der Waals surface area contributed by atoms with E-state index < -0.39 is 0 Å². The average molecular weight is 392 g/mol. The summed E-state index contributed by atoms with van der Waals surface area (Å²) in [6, 6.07) is 13.6. The number of imidazole rings is 2. The molecule has 0 fully saturated rings. The van der Waals surface area contributed by atoms with Crippen molar-refractivity contribution in [2.75, 3.05) is 26.9 Å². The molecule has 2 aromatic carbocycles. The van der Waals surface area contributed by atoms with E-state index in [-0.39, 0.29) is 5.84 Å². The van der Waals surface area contributed by atoms with Crippen molar-refractivity contribution in [1.29, 1.82) is 5.41 Å². The van der Waals surface area contributed by atoms with E-state index in [1.807, 2.05) is 36.4 Å². The number of benzene rings is 2. The van der Waals surface area contributed by atoms with Gasteiger partial charge in [-0.05, 0) is 30.3 Å². The number of aromatic nitrogens is 4. The lowest BCUT2D eigenvalue weighted by Gasteiger charge is -2.09. The summed E-state index contributed by atoms with van der Waals surface area (Å²) in [5.41, 5.74) is 9.98. The van der Waals surface area contributed by atoms with Gasteiger partial charge in [0.05, 0.1) is 48.3 Å². The molecule has 0 spiro atoms. The molecule has 0 aliphatic heterocycles. The molecule has 0 atom stereocenters. The molecule has 2 heterocycles. The Bertz CT molecular complexity index is 1150. The van der Waals surface area contributed by atoms with E-state index in [1.54, 1.807) is 7.11 Å². The molecule has 0 aliphatic rings. The van der Waals surface area contributed by atoms with Crippen molar-refractivity contribution in [2.45, 2.75) is 13.0 Å². The number of nitrogens with two attached hydrogens (primary N) is 1. The summed E-state index contributed by atoms with van der Waals surface area (Å²) in [6.45, 7) is 2.44. The Hall–Kier alpha value is -3.23. The number of hydrogen-bond acceptors (Lipinski definition) is 5. The Morgan fingerprint density at radius 1 is 1.10 bits per heavy atom. The molecule has 0 unspecified atom stereocenters. The van der Waals surface area contributed by atoms with E-state index in [0.29, 0.717) is 38.3 Å². The number of amidine groups is 1. The van der Waals surface area contributed by atoms with Crippen LogP contribution in [0.3, 0.4) is 0 Å².